The van der Waals surface area contributed by atoms with Crippen LogP contribution in [0.1, 0.15) is 15.9 Å². The van der Waals surface area contributed by atoms with Crippen LogP contribution in [-0.2, 0) is 6.61 Å². The van der Waals surface area contributed by atoms with E-state index in [1.807, 2.05) is 60.7 Å². The second kappa shape index (κ2) is 7.53. The van der Waals surface area contributed by atoms with Gasteiger partial charge in [-0.25, -0.2) is 4.79 Å². The molecule has 0 amide bonds. The highest BCUT2D eigenvalue weighted by molar-refractivity contribution is 5.90. The van der Waals surface area contributed by atoms with E-state index in [1.165, 1.54) is 13.2 Å². The third kappa shape index (κ3) is 4.18. The second-order valence-corrected chi connectivity index (χ2v) is 5.55. The molecule has 0 spiro atoms. The summed E-state index contributed by atoms with van der Waals surface area (Å²) in [5, 5.41) is 9.22. The van der Waals surface area contributed by atoms with E-state index in [-0.39, 0.29) is 5.56 Å². The van der Waals surface area contributed by atoms with Crippen LogP contribution in [0.2, 0.25) is 0 Å². The summed E-state index contributed by atoms with van der Waals surface area (Å²) in [5.41, 5.74) is 2.98. The summed E-state index contributed by atoms with van der Waals surface area (Å²) in [4.78, 5) is 11.3. The molecule has 3 rings (SSSR count). The smallest absolute Gasteiger partial charge is 0.335 e. The van der Waals surface area contributed by atoms with Crippen molar-refractivity contribution in [3.05, 3.63) is 83.9 Å². The fourth-order valence-corrected chi connectivity index (χ4v) is 2.49. The summed E-state index contributed by atoms with van der Waals surface area (Å²) in [7, 11) is 1.52. The lowest BCUT2D eigenvalue weighted by Crippen LogP contribution is -1.98. The zero-order valence-corrected chi connectivity index (χ0v) is 13.8. The molecular weight excluding hydrogens is 316 g/mol. The van der Waals surface area contributed by atoms with Gasteiger partial charge in [-0.1, -0.05) is 42.5 Å². The summed E-state index contributed by atoms with van der Waals surface area (Å²) >= 11 is 0. The Morgan fingerprint density at radius 3 is 2.24 bits per heavy atom. The molecule has 0 unspecified atom stereocenters. The molecule has 0 aliphatic heterocycles. The van der Waals surface area contributed by atoms with Crippen molar-refractivity contribution >= 4 is 5.97 Å². The van der Waals surface area contributed by atoms with E-state index in [9.17, 15) is 9.90 Å². The van der Waals surface area contributed by atoms with Gasteiger partial charge in [-0.2, -0.15) is 0 Å². The van der Waals surface area contributed by atoms with Crippen molar-refractivity contribution in [1.29, 1.82) is 0 Å². The number of carbonyl (C=O) groups is 1. The topological polar surface area (TPSA) is 55.8 Å². The van der Waals surface area contributed by atoms with Crippen LogP contribution in [0.15, 0.2) is 72.8 Å². The zero-order chi connectivity index (χ0) is 17.6. The fraction of sp³-hybridized carbons (Fsp3) is 0.0952. The van der Waals surface area contributed by atoms with Gasteiger partial charge < -0.3 is 14.6 Å². The average Bonchev–Trinajstić information content (AvgIpc) is 2.67. The van der Waals surface area contributed by atoms with E-state index in [0.29, 0.717) is 12.4 Å². The van der Waals surface area contributed by atoms with Crippen molar-refractivity contribution in [1.82, 2.24) is 0 Å². The van der Waals surface area contributed by atoms with Gasteiger partial charge in [0.1, 0.15) is 18.1 Å². The summed E-state index contributed by atoms with van der Waals surface area (Å²) in [6.45, 7) is 0.502. The summed E-state index contributed by atoms with van der Waals surface area (Å²) in [5.74, 6) is 0.288. The Kier molecular flexibility index (Phi) is 5.00. The molecule has 0 aromatic heterocycles. The largest absolute Gasteiger partial charge is 0.497 e. The van der Waals surface area contributed by atoms with Crippen LogP contribution < -0.4 is 9.47 Å². The fourth-order valence-electron chi connectivity index (χ4n) is 2.49. The highest BCUT2D eigenvalue weighted by Gasteiger charge is 2.09. The van der Waals surface area contributed by atoms with Crippen LogP contribution >= 0.6 is 0 Å². The molecule has 0 aliphatic rings. The van der Waals surface area contributed by atoms with Gasteiger partial charge in [-0.05, 0) is 47.0 Å². The molecule has 0 atom stereocenters. The number of rotatable bonds is 6. The van der Waals surface area contributed by atoms with Crippen molar-refractivity contribution in [3.63, 3.8) is 0 Å². The number of hydrogen-bond donors (Lipinski definition) is 1. The number of carboxylic acids is 1. The molecule has 3 aromatic rings. The number of benzene rings is 3. The van der Waals surface area contributed by atoms with Crippen molar-refractivity contribution < 1.29 is 19.4 Å². The number of aromatic carboxylic acids is 1. The van der Waals surface area contributed by atoms with Crippen molar-refractivity contribution in [2.75, 3.05) is 7.11 Å². The lowest BCUT2D eigenvalue weighted by atomic mass is 10.0. The predicted molar refractivity (Wildman–Crippen MR) is 96.2 cm³/mol. The van der Waals surface area contributed by atoms with Gasteiger partial charge in [0.15, 0.2) is 0 Å². The predicted octanol–water partition coefficient (Wildman–Crippen LogP) is 4.64. The maximum absolute atomic E-state index is 11.3. The van der Waals surface area contributed by atoms with Gasteiger partial charge in [0.05, 0.1) is 12.7 Å². The molecule has 126 valence electrons. The van der Waals surface area contributed by atoms with E-state index < -0.39 is 5.97 Å². The molecule has 0 saturated heterocycles. The monoisotopic (exact) mass is 334 g/mol. The minimum Gasteiger partial charge on any atom is -0.497 e. The molecule has 0 saturated carbocycles. The van der Waals surface area contributed by atoms with Crippen LogP contribution in [0, 0.1) is 0 Å². The lowest BCUT2D eigenvalue weighted by Gasteiger charge is -2.09. The molecular formula is C21H18O4. The first-order chi connectivity index (χ1) is 12.2. The van der Waals surface area contributed by atoms with E-state index in [4.69, 9.17) is 9.47 Å². The van der Waals surface area contributed by atoms with E-state index in [2.05, 4.69) is 0 Å². The Morgan fingerprint density at radius 1 is 0.880 bits per heavy atom. The summed E-state index contributed by atoms with van der Waals surface area (Å²) in [6, 6.07) is 22.4. The molecule has 25 heavy (non-hydrogen) atoms. The quantitative estimate of drug-likeness (QED) is 0.713. The molecule has 0 aliphatic carbocycles. The van der Waals surface area contributed by atoms with E-state index in [1.54, 1.807) is 6.07 Å². The molecule has 0 bridgehead atoms. The van der Waals surface area contributed by atoms with Gasteiger partial charge in [0, 0.05) is 0 Å². The number of hydrogen-bond acceptors (Lipinski definition) is 3. The van der Waals surface area contributed by atoms with Gasteiger partial charge in [0.2, 0.25) is 0 Å². The van der Waals surface area contributed by atoms with Gasteiger partial charge in [0.25, 0.3) is 0 Å². The standard InChI is InChI=1S/C21H18O4/c1-24-20-12-17(11-18(13-20)21(22)23)16-7-9-19(10-8-16)25-14-15-5-3-2-4-6-15/h2-13H,14H2,1H3,(H,22,23). The van der Waals surface area contributed by atoms with Crippen LogP contribution in [0.3, 0.4) is 0 Å². The first kappa shape index (κ1) is 16.6. The maximum Gasteiger partial charge on any atom is 0.335 e. The molecule has 4 nitrogen and oxygen atoms in total. The van der Waals surface area contributed by atoms with Crippen molar-refractivity contribution in [3.8, 4) is 22.6 Å². The van der Waals surface area contributed by atoms with Gasteiger partial charge in [-0.3, -0.25) is 0 Å². The Bertz CT molecular complexity index is 855. The van der Waals surface area contributed by atoms with Crippen molar-refractivity contribution in [2.24, 2.45) is 0 Å². The van der Waals surface area contributed by atoms with Gasteiger partial charge >= 0.3 is 5.97 Å². The minimum atomic E-state index is -0.983. The summed E-state index contributed by atoms with van der Waals surface area (Å²) < 4.78 is 11.0. The first-order valence-corrected chi connectivity index (χ1v) is 7.85. The third-order valence-electron chi connectivity index (χ3n) is 3.83. The third-order valence-corrected chi connectivity index (χ3v) is 3.83. The number of methoxy groups -OCH3 is 1. The highest BCUT2D eigenvalue weighted by atomic mass is 16.5. The molecule has 3 aromatic carbocycles. The Balaban J connectivity index is 1.78. The highest BCUT2D eigenvalue weighted by Crippen LogP contribution is 2.28. The molecule has 0 fully saturated rings. The first-order valence-electron chi connectivity index (χ1n) is 7.85. The normalized spacial score (nSPS) is 10.3. The Hall–Kier alpha value is -3.27. The average molecular weight is 334 g/mol. The minimum absolute atomic E-state index is 0.193. The second-order valence-electron chi connectivity index (χ2n) is 5.55. The van der Waals surface area contributed by atoms with E-state index in [0.717, 1.165) is 22.4 Å². The van der Waals surface area contributed by atoms with Crippen LogP contribution in [-0.4, -0.2) is 18.2 Å². The van der Waals surface area contributed by atoms with E-state index >= 15 is 0 Å². The Morgan fingerprint density at radius 2 is 1.60 bits per heavy atom. The summed E-state index contributed by atoms with van der Waals surface area (Å²) in [6.07, 6.45) is 0. The van der Waals surface area contributed by atoms with Gasteiger partial charge in [-0.15, -0.1) is 0 Å². The van der Waals surface area contributed by atoms with Crippen molar-refractivity contribution in [2.45, 2.75) is 6.61 Å². The maximum atomic E-state index is 11.3. The molecule has 4 heteroatoms. The molecule has 1 N–H and O–H groups in total. The lowest BCUT2D eigenvalue weighted by molar-refractivity contribution is 0.0696. The van der Waals surface area contributed by atoms with Crippen LogP contribution in [0.25, 0.3) is 11.1 Å². The molecule has 0 radical (unpaired) electrons. The Labute approximate surface area is 146 Å². The zero-order valence-electron chi connectivity index (χ0n) is 13.8. The SMILES string of the molecule is COc1cc(C(=O)O)cc(-c2ccc(OCc3ccccc3)cc2)c1. The number of carboxylic acid groups (broad SMARTS) is 1. The van der Waals surface area contributed by atoms with Crippen LogP contribution in [0.4, 0.5) is 0 Å². The number of ether oxygens (including phenoxy) is 2. The van der Waals surface area contributed by atoms with Crippen LogP contribution in [0.5, 0.6) is 11.5 Å². The molecule has 0 heterocycles.